The predicted molar refractivity (Wildman–Crippen MR) is 72.4 cm³/mol. The number of benzene rings is 1. The molecular formula is C13H15ClN2O3. The number of halogens is 1. The standard InChI is InChI=1S/C13H15ClN2O3/c14-9-3-5-10(6-4-9)15-13(19)16-11(7-12(17)18)8-1-2-8/h3-6,8,11H,1-2,7H2,(H,17,18)(H2,15,16,19). The van der Waals surface area contributed by atoms with Gasteiger partial charge in [-0.2, -0.15) is 0 Å². The Bertz CT molecular complexity index is 471. The second-order valence-corrected chi connectivity index (χ2v) is 5.08. The van der Waals surface area contributed by atoms with E-state index < -0.39 is 5.97 Å². The highest BCUT2D eigenvalue weighted by molar-refractivity contribution is 6.30. The monoisotopic (exact) mass is 282 g/mol. The topological polar surface area (TPSA) is 78.4 Å². The van der Waals surface area contributed by atoms with E-state index in [4.69, 9.17) is 16.7 Å². The molecule has 0 saturated heterocycles. The van der Waals surface area contributed by atoms with Gasteiger partial charge < -0.3 is 15.7 Å². The minimum absolute atomic E-state index is 0.0430. The average Bonchev–Trinajstić information content (AvgIpc) is 3.14. The summed E-state index contributed by atoms with van der Waals surface area (Å²) in [5.74, 6) is -0.615. The average molecular weight is 283 g/mol. The molecule has 1 saturated carbocycles. The van der Waals surface area contributed by atoms with Gasteiger partial charge >= 0.3 is 12.0 Å². The zero-order valence-corrected chi connectivity index (χ0v) is 11.0. The zero-order chi connectivity index (χ0) is 13.8. The van der Waals surface area contributed by atoms with Gasteiger partial charge in [0.25, 0.3) is 0 Å². The maximum Gasteiger partial charge on any atom is 0.319 e. The molecule has 0 radical (unpaired) electrons. The molecule has 1 unspecified atom stereocenters. The number of hydrogen-bond donors (Lipinski definition) is 3. The normalized spacial score (nSPS) is 15.6. The Morgan fingerprint density at radius 3 is 2.47 bits per heavy atom. The molecule has 1 aliphatic rings. The van der Waals surface area contributed by atoms with Crippen LogP contribution in [0.2, 0.25) is 5.02 Å². The Labute approximate surface area is 116 Å². The van der Waals surface area contributed by atoms with Crippen LogP contribution in [0.3, 0.4) is 0 Å². The molecular weight excluding hydrogens is 268 g/mol. The maximum atomic E-state index is 11.8. The van der Waals surface area contributed by atoms with E-state index in [0.717, 1.165) is 12.8 Å². The molecule has 0 spiro atoms. The van der Waals surface area contributed by atoms with E-state index in [2.05, 4.69) is 10.6 Å². The number of amides is 2. The van der Waals surface area contributed by atoms with Crippen molar-refractivity contribution in [1.82, 2.24) is 5.32 Å². The Balaban J connectivity index is 1.88. The molecule has 1 aromatic rings. The van der Waals surface area contributed by atoms with Crippen LogP contribution < -0.4 is 10.6 Å². The number of carbonyl (C=O) groups is 2. The highest BCUT2D eigenvalue weighted by Gasteiger charge is 2.33. The summed E-state index contributed by atoms with van der Waals surface area (Å²) >= 11 is 5.75. The van der Waals surface area contributed by atoms with Crippen molar-refractivity contribution in [1.29, 1.82) is 0 Å². The summed E-state index contributed by atoms with van der Waals surface area (Å²) < 4.78 is 0. The smallest absolute Gasteiger partial charge is 0.319 e. The fourth-order valence-corrected chi connectivity index (χ4v) is 2.02. The van der Waals surface area contributed by atoms with Crippen LogP contribution in [0.4, 0.5) is 10.5 Å². The molecule has 3 N–H and O–H groups in total. The lowest BCUT2D eigenvalue weighted by Gasteiger charge is -2.16. The van der Waals surface area contributed by atoms with Gasteiger partial charge in [-0.05, 0) is 43.0 Å². The van der Waals surface area contributed by atoms with Crippen molar-refractivity contribution in [3.05, 3.63) is 29.3 Å². The quantitative estimate of drug-likeness (QED) is 0.777. The molecule has 0 aliphatic heterocycles. The number of hydrogen-bond acceptors (Lipinski definition) is 2. The summed E-state index contributed by atoms with van der Waals surface area (Å²) in [6, 6.07) is 6.03. The molecule has 6 heteroatoms. The highest BCUT2D eigenvalue weighted by Crippen LogP contribution is 2.34. The van der Waals surface area contributed by atoms with Crippen LogP contribution in [0.1, 0.15) is 19.3 Å². The van der Waals surface area contributed by atoms with Gasteiger partial charge in [-0.25, -0.2) is 4.79 Å². The summed E-state index contributed by atoms with van der Waals surface area (Å²) in [5.41, 5.74) is 0.617. The van der Waals surface area contributed by atoms with Gasteiger partial charge in [0.2, 0.25) is 0 Å². The van der Waals surface area contributed by atoms with E-state index in [0.29, 0.717) is 10.7 Å². The van der Waals surface area contributed by atoms with Gasteiger partial charge in [0.05, 0.1) is 6.42 Å². The third kappa shape index (κ3) is 4.44. The number of rotatable bonds is 5. The predicted octanol–water partition coefficient (Wildman–Crippen LogP) is 2.71. The number of aliphatic carboxylic acids is 1. The first-order valence-corrected chi connectivity index (χ1v) is 6.47. The van der Waals surface area contributed by atoms with Gasteiger partial charge in [0, 0.05) is 16.8 Å². The van der Waals surface area contributed by atoms with E-state index in [1.165, 1.54) is 0 Å². The van der Waals surface area contributed by atoms with Crippen molar-refractivity contribution in [2.75, 3.05) is 5.32 Å². The Hall–Kier alpha value is -1.75. The summed E-state index contributed by atoms with van der Waals surface area (Å²) in [5, 5.41) is 14.8. The van der Waals surface area contributed by atoms with Gasteiger partial charge in [0.15, 0.2) is 0 Å². The number of anilines is 1. The first-order chi connectivity index (χ1) is 9.04. The molecule has 102 valence electrons. The third-order valence-corrected chi connectivity index (χ3v) is 3.26. The van der Waals surface area contributed by atoms with E-state index in [1.54, 1.807) is 24.3 Å². The van der Waals surface area contributed by atoms with Gasteiger partial charge in [-0.3, -0.25) is 4.79 Å². The lowest BCUT2D eigenvalue weighted by Crippen LogP contribution is -2.40. The van der Waals surface area contributed by atoms with Crippen LogP contribution in [0.15, 0.2) is 24.3 Å². The van der Waals surface area contributed by atoms with E-state index in [-0.39, 0.29) is 24.4 Å². The van der Waals surface area contributed by atoms with Crippen LogP contribution in [-0.2, 0) is 4.79 Å². The Morgan fingerprint density at radius 2 is 1.95 bits per heavy atom. The molecule has 0 heterocycles. The first kappa shape index (κ1) is 13.7. The summed E-state index contributed by atoms with van der Waals surface area (Å²) in [6.45, 7) is 0. The van der Waals surface area contributed by atoms with E-state index in [1.807, 2.05) is 0 Å². The van der Waals surface area contributed by atoms with Crippen LogP contribution >= 0.6 is 11.6 Å². The van der Waals surface area contributed by atoms with Crippen LogP contribution in [0, 0.1) is 5.92 Å². The summed E-state index contributed by atoms with van der Waals surface area (Å²) in [7, 11) is 0. The third-order valence-electron chi connectivity index (χ3n) is 3.00. The van der Waals surface area contributed by atoms with Crippen LogP contribution in [0.25, 0.3) is 0 Å². The maximum absolute atomic E-state index is 11.8. The number of carboxylic acid groups (broad SMARTS) is 1. The minimum Gasteiger partial charge on any atom is -0.481 e. The molecule has 19 heavy (non-hydrogen) atoms. The fraction of sp³-hybridized carbons (Fsp3) is 0.385. The highest BCUT2D eigenvalue weighted by atomic mass is 35.5. The van der Waals surface area contributed by atoms with Gasteiger partial charge in [-0.1, -0.05) is 11.6 Å². The number of carbonyl (C=O) groups excluding carboxylic acids is 1. The Kier molecular flexibility index (Phi) is 4.27. The summed E-state index contributed by atoms with van der Waals surface area (Å²) in [6.07, 6.45) is 1.90. The van der Waals surface area contributed by atoms with Crippen molar-refractivity contribution < 1.29 is 14.7 Å². The molecule has 1 aromatic carbocycles. The lowest BCUT2D eigenvalue weighted by atomic mass is 10.1. The van der Waals surface area contributed by atoms with E-state index >= 15 is 0 Å². The Morgan fingerprint density at radius 1 is 1.32 bits per heavy atom. The molecule has 1 atom stereocenters. The summed E-state index contributed by atoms with van der Waals surface area (Å²) in [4.78, 5) is 22.5. The molecule has 1 fully saturated rings. The zero-order valence-electron chi connectivity index (χ0n) is 10.2. The van der Waals surface area contributed by atoms with Gasteiger partial charge in [-0.15, -0.1) is 0 Å². The number of urea groups is 1. The molecule has 0 aromatic heterocycles. The first-order valence-electron chi connectivity index (χ1n) is 6.09. The largest absolute Gasteiger partial charge is 0.481 e. The van der Waals surface area contributed by atoms with Crippen LogP contribution in [-0.4, -0.2) is 23.1 Å². The molecule has 5 nitrogen and oxygen atoms in total. The minimum atomic E-state index is -0.899. The number of carboxylic acids is 1. The van der Waals surface area contributed by atoms with Crippen molar-refractivity contribution in [3.8, 4) is 0 Å². The van der Waals surface area contributed by atoms with Crippen molar-refractivity contribution in [2.24, 2.45) is 5.92 Å². The van der Waals surface area contributed by atoms with Crippen molar-refractivity contribution in [2.45, 2.75) is 25.3 Å². The van der Waals surface area contributed by atoms with Gasteiger partial charge in [0.1, 0.15) is 0 Å². The SMILES string of the molecule is O=C(O)CC(NC(=O)Nc1ccc(Cl)cc1)C1CC1. The molecule has 2 rings (SSSR count). The molecule has 1 aliphatic carbocycles. The van der Waals surface area contributed by atoms with Crippen molar-refractivity contribution >= 4 is 29.3 Å². The molecule has 0 bridgehead atoms. The van der Waals surface area contributed by atoms with Crippen LogP contribution in [0.5, 0.6) is 0 Å². The fourth-order valence-electron chi connectivity index (χ4n) is 1.89. The number of nitrogens with one attached hydrogen (secondary N) is 2. The second kappa shape index (κ2) is 5.93. The lowest BCUT2D eigenvalue weighted by molar-refractivity contribution is -0.137. The molecule has 2 amide bonds. The van der Waals surface area contributed by atoms with Crippen molar-refractivity contribution in [3.63, 3.8) is 0 Å². The van der Waals surface area contributed by atoms with E-state index in [9.17, 15) is 9.59 Å². The second-order valence-electron chi connectivity index (χ2n) is 4.65.